The quantitative estimate of drug-likeness (QED) is 0.0364. The molecule has 7 aromatic rings. The molecule has 8 aliphatic heterocycles. The summed E-state index contributed by atoms with van der Waals surface area (Å²) in [7, 11) is 1.44. The molecule has 0 aliphatic carbocycles. The predicted molar refractivity (Wildman–Crippen MR) is 460 cm³/mol. The number of hydrogen-bond acceptors (Lipinski definition) is 30. The van der Waals surface area contributed by atoms with Crippen LogP contribution in [0, 0.1) is 5.92 Å². The number of ether oxygens (including phenoxy) is 7. The number of nitrogens with two attached hydrogens (primary N) is 1. The third-order valence-electron chi connectivity index (χ3n) is 23.1. The zero-order chi connectivity index (χ0) is 92.3. The van der Waals surface area contributed by atoms with Crippen molar-refractivity contribution in [1.29, 1.82) is 0 Å². The van der Waals surface area contributed by atoms with Crippen molar-refractivity contribution in [2.24, 2.45) is 11.7 Å². The highest BCUT2D eigenvalue weighted by molar-refractivity contribution is 6.33. The van der Waals surface area contributed by atoms with Gasteiger partial charge in [-0.05, 0) is 158 Å². The number of aliphatic hydroxyl groups excluding tert-OH is 8. The molecule has 2 fully saturated rings. The minimum Gasteiger partial charge on any atom is -0.508 e. The van der Waals surface area contributed by atoms with E-state index in [1.54, 1.807) is 0 Å². The molecule has 0 aromatic heterocycles. The molecule has 692 valence electrons. The van der Waals surface area contributed by atoms with Gasteiger partial charge in [0.1, 0.15) is 137 Å². The monoisotopic (exact) mass is 1830 g/mol. The minimum absolute atomic E-state index is 0.0784. The predicted octanol–water partition coefficient (Wildman–Crippen LogP) is 3.45. The Labute approximate surface area is 749 Å². The second kappa shape index (κ2) is 42.4. The lowest BCUT2D eigenvalue weighted by Gasteiger charge is -2.42. The Bertz CT molecular complexity index is 5270. The molecule has 8 amide bonds. The summed E-state index contributed by atoms with van der Waals surface area (Å²) in [6.45, 7) is 3.50. The standard InChI is InChI=1S/C89H105Cl2N11O27/c1-40(2)12-8-6-4-5-7-9-13-64(109)97-73-77(113)75(111)62(38-103)127-88(73)129-80-60-32-45-33-61(80)125-57-23-18-44(30-52(57)90)74(110)72-87(122)101-70(82(117)95-27-11-26-94-25-10-24-92)50-34-46(105)35-59(126-89-79(115)78(114)76(112)63(39-104)128-89)65(50)49-29-42(16-21-54(49)106)68(84(119)102-72)98-85(120)69(45)99-86(121)71-51-36-48(37-56(108)66(51)91)124-58-31-43(17-22-55(58)107)67(93-3)83(118)96-53(81(116)100-71)28-41-14-19-47(123-60)20-15-41/h14-23,29-37,40,53,62-63,67-79,88-89,93-94,103-108,110-115H,4-13,24-28,38-39,92H2,1-3H3,(H,95,117)(H,96,118)(H,97,109)(H,98,120)(H,99,121)(H,100,116)(H,101,122)(H,102,119)/t53-,62-,63-,67+,68-,69-,70-,71+,72+,73-,74-,75-,76-,77-,78+,79+,88+,89+/m1/s1. The lowest BCUT2D eigenvalue weighted by atomic mass is 9.89. The molecule has 24 N–H and O–H groups in total. The summed E-state index contributed by atoms with van der Waals surface area (Å²) >= 11 is 14.4. The van der Waals surface area contributed by atoms with E-state index in [9.17, 15) is 70.9 Å². The van der Waals surface area contributed by atoms with Gasteiger partial charge in [0.05, 0.1) is 23.3 Å². The summed E-state index contributed by atoms with van der Waals surface area (Å²) in [6, 6.07) is 6.50. The fourth-order valence-electron chi connectivity index (χ4n) is 16.1. The van der Waals surface area contributed by atoms with Gasteiger partial charge in [-0.15, -0.1) is 0 Å². The Kier molecular flexibility index (Phi) is 31.3. The van der Waals surface area contributed by atoms with Crippen LogP contribution in [0.25, 0.3) is 11.1 Å². The zero-order valence-electron chi connectivity index (χ0n) is 70.3. The fourth-order valence-corrected chi connectivity index (χ4v) is 16.5. The molecular weight excluding hydrogens is 1730 g/mol. The number of nitrogens with one attached hydrogen (secondary N) is 10. The lowest BCUT2D eigenvalue weighted by Crippen LogP contribution is -2.65. The number of phenols is 4. The Balaban J connectivity index is 1.03. The molecule has 15 rings (SSSR count). The number of amides is 8. The second-order valence-electron chi connectivity index (χ2n) is 32.8. The van der Waals surface area contributed by atoms with E-state index < -0.39 is 260 Å². The number of hydrogen-bond donors (Lipinski definition) is 23. The number of carbonyl (C=O) groups excluding carboxylic acids is 8. The second-order valence-corrected chi connectivity index (χ2v) is 33.5. The number of carbonyl (C=O) groups is 8. The number of phenolic OH excluding ortho intramolecular Hbond substituents is 4. The van der Waals surface area contributed by atoms with E-state index in [0.29, 0.717) is 50.4 Å². The van der Waals surface area contributed by atoms with Crippen LogP contribution >= 0.6 is 23.2 Å². The van der Waals surface area contributed by atoms with Crippen LogP contribution < -0.4 is 82.6 Å². The largest absolute Gasteiger partial charge is 0.508 e. The molecule has 129 heavy (non-hydrogen) atoms. The Hall–Kier alpha value is -11.4. The van der Waals surface area contributed by atoms with Crippen LogP contribution in [0.2, 0.25) is 10.0 Å². The lowest BCUT2D eigenvalue weighted by molar-refractivity contribution is -0.277. The van der Waals surface area contributed by atoms with Gasteiger partial charge in [0.15, 0.2) is 23.0 Å². The van der Waals surface area contributed by atoms with Gasteiger partial charge in [-0.25, -0.2) is 0 Å². The van der Waals surface area contributed by atoms with E-state index in [2.05, 4.69) is 67.0 Å². The summed E-state index contributed by atoms with van der Waals surface area (Å²) in [4.78, 5) is 125. The molecule has 8 aliphatic rings. The molecule has 0 radical (unpaired) electrons. The molecule has 8 heterocycles. The van der Waals surface area contributed by atoms with E-state index in [-0.39, 0.29) is 59.9 Å². The molecule has 0 unspecified atom stereocenters. The number of aliphatic hydroxyl groups is 8. The summed E-state index contributed by atoms with van der Waals surface area (Å²) in [5.41, 5.74) is 3.22. The average molecular weight is 1830 g/mol. The minimum atomic E-state index is -2.41. The number of likely N-dealkylation sites (N-methyl/N-ethyl adjacent to an activating group) is 1. The van der Waals surface area contributed by atoms with Gasteiger partial charge < -0.3 is 153 Å². The number of benzene rings is 7. The molecule has 7 aromatic carbocycles. The van der Waals surface area contributed by atoms with Crippen molar-refractivity contribution < 1.29 is 133 Å². The third-order valence-corrected chi connectivity index (χ3v) is 23.8. The maximum Gasteiger partial charge on any atom is 0.248 e. The Morgan fingerprint density at radius 2 is 1.16 bits per heavy atom. The molecule has 18 atom stereocenters. The molecule has 40 heteroatoms. The van der Waals surface area contributed by atoms with Gasteiger partial charge >= 0.3 is 0 Å². The van der Waals surface area contributed by atoms with Crippen LogP contribution in [-0.4, -0.2) is 228 Å². The van der Waals surface area contributed by atoms with Crippen LogP contribution in [-0.2, 0) is 54.3 Å². The molecule has 0 spiro atoms. The van der Waals surface area contributed by atoms with Crippen LogP contribution in [0.1, 0.15) is 153 Å². The van der Waals surface area contributed by atoms with Crippen molar-refractivity contribution in [1.82, 2.24) is 53.2 Å². The number of unbranched alkanes of at least 4 members (excludes halogenated alkanes) is 5. The van der Waals surface area contributed by atoms with Crippen molar-refractivity contribution in [2.75, 3.05) is 46.4 Å². The highest BCUT2D eigenvalue weighted by atomic mass is 35.5. The first-order valence-corrected chi connectivity index (χ1v) is 43.2. The van der Waals surface area contributed by atoms with Crippen molar-refractivity contribution in [2.45, 2.75) is 194 Å². The van der Waals surface area contributed by atoms with E-state index in [1.807, 2.05) is 0 Å². The Morgan fingerprint density at radius 3 is 1.87 bits per heavy atom. The number of aromatic hydroxyl groups is 4. The van der Waals surface area contributed by atoms with Crippen LogP contribution in [0.15, 0.2) is 115 Å². The van der Waals surface area contributed by atoms with Crippen molar-refractivity contribution in [3.05, 3.63) is 164 Å². The van der Waals surface area contributed by atoms with Crippen molar-refractivity contribution >= 4 is 70.5 Å². The van der Waals surface area contributed by atoms with Gasteiger partial charge in [-0.3, -0.25) is 38.4 Å². The number of halogens is 2. The third kappa shape index (κ3) is 22.0. The van der Waals surface area contributed by atoms with Crippen LogP contribution in [0.5, 0.6) is 69.0 Å². The Morgan fingerprint density at radius 1 is 0.535 bits per heavy atom. The first-order valence-electron chi connectivity index (χ1n) is 42.4. The first-order chi connectivity index (χ1) is 61.8. The normalized spacial score (nSPS) is 25.7. The first kappa shape index (κ1) is 95.2. The van der Waals surface area contributed by atoms with Crippen molar-refractivity contribution in [3.63, 3.8) is 0 Å². The maximum absolute atomic E-state index is 16.9. The number of rotatable bonds is 25. The van der Waals surface area contributed by atoms with Gasteiger partial charge in [-0.2, -0.15) is 0 Å². The fraction of sp³-hybridized carbons (Fsp3) is 0.438. The SMILES string of the molecule is CN[C@@H]1C(=O)N[C@@H]2Cc3ccc(cc3)Oc3cc4cc(c3O[C@@H]3O[C@H](CO)[C@@H](O)[C@H](O)[C@H]3NC(=O)CCCCCCCCC(C)C)Oc3ccc(cc3Cl)[C@@H](O)[C@@H]3NC(=O)[C@H](NC(=O)[C@@H]4NC(=O)[C@@H](NC2=O)c2cc(cc(O)c2Cl)Oc2cc1ccc2O)c1ccc(O)c(c1)-c1c(O[C@H]2O[C@H](CO)[C@@H](O)[C@H](O)[C@@H]2O)cc(O)cc1[C@H](C(=O)NCCCNCCCN)NC3=O. The topological polar surface area (TPSA) is 590 Å². The molecule has 2 saturated heterocycles. The van der Waals surface area contributed by atoms with Gasteiger partial charge in [0.25, 0.3) is 0 Å². The van der Waals surface area contributed by atoms with Gasteiger partial charge in [-0.1, -0.05) is 106 Å². The van der Waals surface area contributed by atoms with Gasteiger partial charge in [0.2, 0.25) is 65.6 Å². The van der Waals surface area contributed by atoms with E-state index in [1.165, 1.54) is 61.6 Å². The van der Waals surface area contributed by atoms with Gasteiger partial charge in [0, 0.05) is 48.2 Å². The summed E-state index contributed by atoms with van der Waals surface area (Å²) < 4.78 is 45.0. The average Bonchev–Trinajstić information content (AvgIpc) is 0.756. The summed E-state index contributed by atoms with van der Waals surface area (Å²) in [5, 5.41) is 165. The highest BCUT2D eigenvalue weighted by Gasteiger charge is 2.50. The summed E-state index contributed by atoms with van der Waals surface area (Å²) in [5.74, 6) is -14.9. The molecular formula is C89H105Cl2N11O27. The van der Waals surface area contributed by atoms with E-state index in [0.717, 1.165) is 92.8 Å². The maximum atomic E-state index is 16.9. The molecule has 0 saturated carbocycles. The zero-order valence-corrected chi connectivity index (χ0v) is 71.8. The highest BCUT2D eigenvalue weighted by Crippen LogP contribution is 2.51. The molecule has 17 bridgehead atoms. The number of fused-ring (bicyclic) bond motifs is 14. The van der Waals surface area contributed by atoms with Crippen molar-refractivity contribution in [3.8, 4) is 80.1 Å². The van der Waals surface area contributed by atoms with Crippen LogP contribution in [0.3, 0.4) is 0 Å². The molecule has 38 nitrogen and oxygen atoms in total. The van der Waals surface area contributed by atoms with E-state index >= 15 is 28.8 Å². The van der Waals surface area contributed by atoms with E-state index in [4.69, 9.17) is 62.1 Å². The summed E-state index contributed by atoms with van der Waals surface area (Å²) in [6.07, 6.45) is -13.4. The van der Waals surface area contributed by atoms with Crippen LogP contribution in [0.4, 0.5) is 0 Å². The smallest absolute Gasteiger partial charge is 0.248 e.